The number of allylic oxidation sites excluding steroid dienone is 2. The lowest BCUT2D eigenvalue weighted by molar-refractivity contribution is 1.30. The maximum Gasteiger partial charge on any atom is 0.0950 e. The third kappa shape index (κ3) is 2.96. The van der Waals surface area contributed by atoms with Crippen LogP contribution in [0.4, 0.5) is 0 Å². The van der Waals surface area contributed by atoms with Crippen molar-refractivity contribution in [2.24, 2.45) is 0 Å². The molecule has 0 amide bonds. The molecule has 0 radical (unpaired) electrons. The molecule has 0 saturated carbocycles. The number of hydrogen-bond donors (Lipinski definition) is 0. The SMILES string of the molecule is C=CCC(C#N)=Cc1ccccc1. The van der Waals surface area contributed by atoms with Crippen LogP contribution in [0, 0.1) is 11.3 Å². The molecule has 0 bridgehead atoms. The number of benzene rings is 1. The van der Waals surface area contributed by atoms with E-state index in [1.807, 2.05) is 36.4 Å². The summed E-state index contributed by atoms with van der Waals surface area (Å²) in [6.45, 7) is 3.60. The standard InChI is InChI=1S/C12H11N/c1-2-6-12(10-13)9-11-7-4-3-5-8-11/h2-5,7-9H,1,6H2. The van der Waals surface area contributed by atoms with Gasteiger partial charge in [0.2, 0.25) is 0 Å². The zero-order chi connectivity index (χ0) is 9.52. The molecule has 0 aliphatic carbocycles. The Bertz CT molecular complexity index is 341. The summed E-state index contributed by atoms with van der Waals surface area (Å²) >= 11 is 0. The largest absolute Gasteiger partial charge is 0.193 e. The zero-order valence-corrected chi connectivity index (χ0v) is 7.40. The van der Waals surface area contributed by atoms with Gasteiger partial charge in [0, 0.05) is 12.0 Å². The van der Waals surface area contributed by atoms with Gasteiger partial charge in [-0.25, -0.2) is 0 Å². The smallest absolute Gasteiger partial charge is 0.0950 e. The lowest BCUT2D eigenvalue weighted by Crippen LogP contribution is -1.76. The fraction of sp³-hybridized carbons (Fsp3) is 0.0833. The van der Waals surface area contributed by atoms with E-state index in [0.717, 1.165) is 11.1 Å². The van der Waals surface area contributed by atoms with E-state index < -0.39 is 0 Å². The molecule has 1 nitrogen and oxygen atoms in total. The Labute approximate surface area is 78.6 Å². The predicted octanol–water partition coefficient (Wildman–Crippen LogP) is 3.17. The van der Waals surface area contributed by atoms with Gasteiger partial charge in [0.05, 0.1) is 6.07 Å². The van der Waals surface area contributed by atoms with Gasteiger partial charge in [0.1, 0.15) is 0 Å². The summed E-state index contributed by atoms with van der Waals surface area (Å²) in [7, 11) is 0. The van der Waals surface area contributed by atoms with Gasteiger partial charge in [-0.2, -0.15) is 5.26 Å². The van der Waals surface area contributed by atoms with Crippen molar-refractivity contribution in [2.75, 3.05) is 0 Å². The number of nitriles is 1. The highest BCUT2D eigenvalue weighted by Crippen LogP contribution is 2.08. The molecular formula is C12H11N. The third-order valence-corrected chi connectivity index (χ3v) is 1.65. The van der Waals surface area contributed by atoms with Gasteiger partial charge < -0.3 is 0 Å². The number of nitrogens with zero attached hydrogens (tertiary/aromatic N) is 1. The third-order valence-electron chi connectivity index (χ3n) is 1.65. The van der Waals surface area contributed by atoms with E-state index in [1.165, 1.54) is 0 Å². The second kappa shape index (κ2) is 4.95. The molecule has 0 heterocycles. The summed E-state index contributed by atoms with van der Waals surface area (Å²) in [6, 6.07) is 11.9. The first-order chi connectivity index (χ1) is 6.36. The van der Waals surface area contributed by atoms with Crippen molar-refractivity contribution < 1.29 is 0 Å². The summed E-state index contributed by atoms with van der Waals surface area (Å²) in [4.78, 5) is 0. The molecule has 1 aromatic carbocycles. The molecule has 1 aromatic rings. The molecule has 1 rings (SSSR count). The summed E-state index contributed by atoms with van der Waals surface area (Å²) in [5, 5.41) is 8.75. The first-order valence-electron chi connectivity index (χ1n) is 4.13. The van der Waals surface area contributed by atoms with Crippen LogP contribution in [0.3, 0.4) is 0 Å². The van der Waals surface area contributed by atoms with Gasteiger partial charge in [-0.05, 0) is 11.6 Å². The molecular weight excluding hydrogens is 158 g/mol. The maximum atomic E-state index is 8.75. The summed E-state index contributed by atoms with van der Waals surface area (Å²) < 4.78 is 0. The molecule has 0 fully saturated rings. The minimum atomic E-state index is 0.630. The molecule has 0 N–H and O–H groups in total. The molecule has 0 atom stereocenters. The van der Waals surface area contributed by atoms with Crippen molar-refractivity contribution in [3.05, 3.63) is 54.1 Å². The Morgan fingerprint density at radius 3 is 2.62 bits per heavy atom. The summed E-state index contributed by atoms with van der Waals surface area (Å²) in [5.41, 5.74) is 1.79. The second-order valence-corrected chi connectivity index (χ2v) is 2.68. The van der Waals surface area contributed by atoms with Crippen LogP contribution < -0.4 is 0 Å². The molecule has 0 spiro atoms. The van der Waals surface area contributed by atoms with Gasteiger partial charge >= 0.3 is 0 Å². The topological polar surface area (TPSA) is 23.8 Å². The fourth-order valence-corrected chi connectivity index (χ4v) is 1.04. The van der Waals surface area contributed by atoms with E-state index in [-0.39, 0.29) is 0 Å². The minimum Gasteiger partial charge on any atom is -0.193 e. The van der Waals surface area contributed by atoms with Gasteiger partial charge in [-0.15, -0.1) is 6.58 Å². The van der Waals surface area contributed by atoms with E-state index in [1.54, 1.807) is 6.08 Å². The maximum absolute atomic E-state index is 8.75. The van der Waals surface area contributed by atoms with Gasteiger partial charge in [0.15, 0.2) is 0 Å². The lowest BCUT2D eigenvalue weighted by Gasteiger charge is -1.93. The lowest BCUT2D eigenvalue weighted by atomic mass is 10.1. The van der Waals surface area contributed by atoms with Crippen LogP contribution in [0.5, 0.6) is 0 Å². The Hall–Kier alpha value is -1.81. The first-order valence-corrected chi connectivity index (χ1v) is 4.13. The fourth-order valence-electron chi connectivity index (χ4n) is 1.04. The van der Waals surface area contributed by atoms with Gasteiger partial charge in [0.25, 0.3) is 0 Å². The van der Waals surface area contributed by atoms with Gasteiger partial charge in [-0.1, -0.05) is 36.4 Å². The van der Waals surface area contributed by atoms with Gasteiger partial charge in [-0.3, -0.25) is 0 Å². The van der Waals surface area contributed by atoms with E-state index in [4.69, 9.17) is 5.26 Å². The van der Waals surface area contributed by atoms with Crippen LogP contribution in [0.1, 0.15) is 12.0 Å². The van der Waals surface area contributed by atoms with Crippen molar-refractivity contribution in [3.8, 4) is 6.07 Å². The Balaban J connectivity index is 2.86. The zero-order valence-electron chi connectivity index (χ0n) is 7.40. The Morgan fingerprint density at radius 2 is 2.08 bits per heavy atom. The average molecular weight is 169 g/mol. The monoisotopic (exact) mass is 169 g/mol. The average Bonchev–Trinajstić information content (AvgIpc) is 2.19. The van der Waals surface area contributed by atoms with Crippen molar-refractivity contribution in [3.63, 3.8) is 0 Å². The molecule has 0 aromatic heterocycles. The number of rotatable bonds is 3. The predicted molar refractivity (Wildman–Crippen MR) is 54.8 cm³/mol. The van der Waals surface area contributed by atoms with Crippen molar-refractivity contribution in [1.82, 2.24) is 0 Å². The molecule has 0 saturated heterocycles. The molecule has 1 heteroatoms. The molecule has 0 aliphatic heterocycles. The highest BCUT2D eigenvalue weighted by molar-refractivity contribution is 5.57. The normalized spacial score (nSPS) is 10.5. The van der Waals surface area contributed by atoms with Crippen LogP contribution in [0.25, 0.3) is 6.08 Å². The highest BCUT2D eigenvalue weighted by atomic mass is 14.2. The van der Waals surface area contributed by atoms with E-state index in [0.29, 0.717) is 6.42 Å². The van der Waals surface area contributed by atoms with Crippen molar-refractivity contribution >= 4 is 6.08 Å². The summed E-state index contributed by atoms with van der Waals surface area (Å²) in [6.07, 6.45) is 4.24. The first kappa shape index (κ1) is 9.28. The van der Waals surface area contributed by atoms with Crippen LogP contribution in [-0.2, 0) is 0 Å². The molecule has 64 valence electrons. The highest BCUT2D eigenvalue weighted by Gasteiger charge is 1.91. The Morgan fingerprint density at radius 1 is 1.38 bits per heavy atom. The Kier molecular flexibility index (Phi) is 3.53. The summed E-state index contributed by atoms with van der Waals surface area (Å²) in [5.74, 6) is 0. The quantitative estimate of drug-likeness (QED) is 0.503. The second-order valence-electron chi connectivity index (χ2n) is 2.68. The molecule has 13 heavy (non-hydrogen) atoms. The van der Waals surface area contributed by atoms with Crippen molar-refractivity contribution in [2.45, 2.75) is 6.42 Å². The van der Waals surface area contributed by atoms with E-state index in [9.17, 15) is 0 Å². The number of hydrogen-bond acceptors (Lipinski definition) is 1. The van der Waals surface area contributed by atoms with E-state index >= 15 is 0 Å². The molecule has 0 aliphatic rings. The van der Waals surface area contributed by atoms with Crippen LogP contribution >= 0.6 is 0 Å². The van der Waals surface area contributed by atoms with Crippen LogP contribution in [0.2, 0.25) is 0 Å². The molecule has 0 unspecified atom stereocenters. The van der Waals surface area contributed by atoms with Crippen LogP contribution in [0.15, 0.2) is 48.6 Å². The van der Waals surface area contributed by atoms with E-state index in [2.05, 4.69) is 12.6 Å². The van der Waals surface area contributed by atoms with Crippen molar-refractivity contribution in [1.29, 1.82) is 5.26 Å². The van der Waals surface area contributed by atoms with Crippen LogP contribution in [-0.4, -0.2) is 0 Å². The minimum absolute atomic E-state index is 0.630.